The van der Waals surface area contributed by atoms with E-state index in [9.17, 15) is 9.36 Å². The van der Waals surface area contributed by atoms with Gasteiger partial charge in [0.05, 0.1) is 22.9 Å². The normalized spacial score (nSPS) is 14.8. The molecular weight excluding hydrogens is 450 g/mol. The van der Waals surface area contributed by atoms with Crippen LogP contribution in [0.4, 0.5) is 0 Å². The first-order chi connectivity index (χ1) is 14.0. The molecule has 7 heteroatoms. The fraction of sp³-hybridized carbons (Fsp3) is 0.667. The van der Waals surface area contributed by atoms with Crippen molar-refractivity contribution in [3.63, 3.8) is 0 Å². The highest BCUT2D eigenvalue weighted by Crippen LogP contribution is 2.54. The number of H-pyrrole nitrogens is 1. The van der Waals surface area contributed by atoms with Crippen molar-refractivity contribution in [3.05, 3.63) is 30.1 Å². The molecule has 0 fully saturated rings. The van der Waals surface area contributed by atoms with Gasteiger partial charge in [0.1, 0.15) is 0 Å². The molecule has 0 amide bonds. The summed E-state index contributed by atoms with van der Waals surface area (Å²) in [6.45, 7) is 8.71. The van der Waals surface area contributed by atoms with Crippen LogP contribution in [0.3, 0.4) is 0 Å². The summed E-state index contributed by atoms with van der Waals surface area (Å²) in [7, 11) is -3.02. The monoisotopic (exact) mass is 490 g/mol. The smallest absolute Gasteiger partial charge is 0.223 e. The maximum Gasteiger partial charge on any atom is 0.223 e. The van der Waals surface area contributed by atoms with Gasteiger partial charge in [-0.2, -0.15) is 0 Å². The summed E-state index contributed by atoms with van der Waals surface area (Å²) in [6, 6.07) is 5.55. The number of unbranched alkanes of at least 4 members (excludes halogenated alkanes) is 2. The average Bonchev–Trinajstić information content (AvgIpc) is 3.22. The third-order valence-electron chi connectivity index (χ3n) is 6.25. The lowest BCUT2D eigenvalue weighted by atomic mass is 10.0. The largest absolute Gasteiger partial charge is 0.344 e. The Labute approximate surface area is 201 Å². The lowest BCUT2D eigenvalue weighted by Crippen LogP contribution is -2.19. The average molecular weight is 491 g/mol. The number of benzene rings is 1. The number of hydrogen-bond donors (Lipinski definition) is 1. The first kappa shape index (κ1) is 30.2. The maximum absolute atomic E-state index is 14.4. The fourth-order valence-corrected chi connectivity index (χ4v) is 7.93. The highest BCUT2D eigenvalue weighted by atomic mass is 35.5. The Balaban J connectivity index is 0.00000450. The van der Waals surface area contributed by atoms with Crippen molar-refractivity contribution in [1.82, 2.24) is 9.97 Å². The van der Waals surface area contributed by atoms with Gasteiger partial charge in [-0.05, 0) is 24.0 Å². The zero-order valence-corrected chi connectivity index (χ0v) is 22.1. The van der Waals surface area contributed by atoms with Gasteiger partial charge in [0, 0.05) is 12.3 Å². The van der Waals surface area contributed by atoms with Crippen molar-refractivity contribution in [1.29, 1.82) is 0 Å². The minimum atomic E-state index is -3.02. The van der Waals surface area contributed by atoms with Gasteiger partial charge in [-0.25, -0.2) is 4.98 Å². The maximum atomic E-state index is 14.4. The highest BCUT2D eigenvalue weighted by Gasteiger charge is 2.37. The van der Waals surface area contributed by atoms with E-state index in [0.717, 1.165) is 62.4 Å². The number of halogens is 2. The van der Waals surface area contributed by atoms with Crippen LogP contribution in [0.2, 0.25) is 0 Å². The van der Waals surface area contributed by atoms with Crippen LogP contribution >= 0.6 is 32.0 Å². The molecular formula is C24H41Cl2N2O2P. The first-order valence-corrected chi connectivity index (χ1v) is 13.6. The molecule has 0 saturated carbocycles. The third-order valence-corrected chi connectivity index (χ3v) is 9.44. The molecule has 2 aromatic rings. The number of nitrogens with zero attached hydrogens (tertiary/aromatic N) is 1. The van der Waals surface area contributed by atoms with Crippen LogP contribution in [0.15, 0.2) is 24.5 Å². The van der Waals surface area contributed by atoms with Gasteiger partial charge in [-0.3, -0.25) is 4.79 Å². The molecule has 1 aromatic carbocycles. The summed E-state index contributed by atoms with van der Waals surface area (Å²) < 4.78 is 14.4. The molecule has 2 unspecified atom stereocenters. The van der Waals surface area contributed by atoms with Crippen molar-refractivity contribution in [2.45, 2.75) is 79.1 Å². The number of aromatic nitrogens is 2. The summed E-state index contributed by atoms with van der Waals surface area (Å²) in [5.41, 5.74) is 1.90. The molecule has 0 aliphatic heterocycles. The van der Waals surface area contributed by atoms with Crippen LogP contribution in [0, 0.1) is 11.8 Å². The van der Waals surface area contributed by atoms with Crippen LogP contribution in [0.1, 0.15) is 89.4 Å². The van der Waals surface area contributed by atoms with Gasteiger partial charge in [-0.15, -0.1) is 24.8 Å². The number of rotatable bonds is 14. The summed E-state index contributed by atoms with van der Waals surface area (Å²) in [4.78, 5) is 21.1. The molecule has 1 aromatic heterocycles. The Kier molecular flexibility index (Phi) is 14.7. The van der Waals surface area contributed by atoms with Crippen molar-refractivity contribution in [2.24, 2.45) is 11.8 Å². The van der Waals surface area contributed by atoms with Crippen molar-refractivity contribution < 1.29 is 9.36 Å². The van der Waals surface area contributed by atoms with Crippen LogP contribution in [-0.2, 0) is 4.57 Å². The first-order valence-electron chi connectivity index (χ1n) is 11.5. The molecule has 0 saturated heterocycles. The second kappa shape index (κ2) is 15.1. The predicted molar refractivity (Wildman–Crippen MR) is 139 cm³/mol. The van der Waals surface area contributed by atoms with Gasteiger partial charge in [0.25, 0.3) is 0 Å². The standard InChI is InChI=1S/C24H39N2O2P.2ClH/c1-5-9-12-19(7-3)16-29(28,17-20(8-4)13-10-6-2)24(27)21-14-11-15-22-23(21)26-18-25-22;;/h11,14-15,18-20H,5-10,12-13,16-17H2,1-4H3,(H,25,26);2*1H. The predicted octanol–water partition coefficient (Wildman–Crippen LogP) is 8.34. The second-order valence-corrected chi connectivity index (χ2v) is 11.4. The van der Waals surface area contributed by atoms with E-state index in [-0.39, 0.29) is 30.3 Å². The molecule has 0 aliphatic rings. The zero-order chi connectivity index (χ0) is 21.3. The van der Waals surface area contributed by atoms with Crippen molar-refractivity contribution in [2.75, 3.05) is 12.3 Å². The molecule has 0 bridgehead atoms. The molecule has 1 N–H and O–H groups in total. The number of imidazole rings is 1. The Morgan fingerprint density at radius 1 is 0.968 bits per heavy atom. The summed E-state index contributed by atoms with van der Waals surface area (Å²) in [5, 5.41) is 0. The van der Waals surface area contributed by atoms with E-state index < -0.39 is 7.14 Å². The van der Waals surface area contributed by atoms with Gasteiger partial charge < -0.3 is 9.55 Å². The number of hydrogen-bond acceptors (Lipinski definition) is 3. The van der Waals surface area contributed by atoms with E-state index in [1.54, 1.807) is 6.33 Å². The van der Waals surface area contributed by atoms with E-state index in [1.165, 1.54) is 0 Å². The van der Waals surface area contributed by atoms with Gasteiger partial charge >= 0.3 is 0 Å². The summed E-state index contributed by atoms with van der Waals surface area (Å²) in [5.74, 6) is 0.712. The van der Waals surface area contributed by atoms with Crippen molar-refractivity contribution in [3.8, 4) is 0 Å². The van der Waals surface area contributed by atoms with E-state index in [0.29, 0.717) is 29.7 Å². The molecule has 4 nitrogen and oxygen atoms in total. The van der Waals surface area contributed by atoms with Gasteiger partial charge in [0.2, 0.25) is 5.52 Å². The minimum Gasteiger partial charge on any atom is -0.344 e. The van der Waals surface area contributed by atoms with E-state index in [4.69, 9.17) is 0 Å². The Bertz CT molecular complexity index is 803. The topological polar surface area (TPSA) is 62.8 Å². The van der Waals surface area contributed by atoms with Crippen LogP contribution in [0.5, 0.6) is 0 Å². The van der Waals surface area contributed by atoms with Crippen LogP contribution < -0.4 is 0 Å². The van der Waals surface area contributed by atoms with Gasteiger partial charge in [0.15, 0.2) is 7.14 Å². The number of nitrogens with one attached hydrogen (secondary N) is 1. The Morgan fingerprint density at radius 3 is 2.00 bits per heavy atom. The van der Waals surface area contributed by atoms with E-state index >= 15 is 0 Å². The number of carbonyl (C=O) groups excluding carboxylic acids is 1. The summed E-state index contributed by atoms with van der Waals surface area (Å²) >= 11 is 0. The molecule has 31 heavy (non-hydrogen) atoms. The molecule has 2 atom stereocenters. The summed E-state index contributed by atoms with van der Waals surface area (Å²) in [6.07, 6.45) is 11.3. The number of carbonyl (C=O) groups is 1. The third kappa shape index (κ3) is 8.22. The zero-order valence-electron chi connectivity index (χ0n) is 19.6. The Morgan fingerprint density at radius 2 is 1.52 bits per heavy atom. The quantitative estimate of drug-likeness (QED) is 0.270. The molecule has 2 rings (SSSR count). The SMILES string of the molecule is CCCCC(CC)CP(=O)(CC(CC)CCCC)C(=O)c1cccc2nc[nH]c12.Cl.Cl. The highest BCUT2D eigenvalue weighted by molar-refractivity contribution is 7.81. The van der Waals surface area contributed by atoms with Crippen molar-refractivity contribution >= 4 is 48.5 Å². The molecule has 1 heterocycles. The second-order valence-electron chi connectivity index (χ2n) is 8.49. The molecule has 178 valence electrons. The van der Waals surface area contributed by atoms with E-state index in [2.05, 4.69) is 37.7 Å². The molecule has 0 aliphatic carbocycles. The Hall–Kier alpha value is -0.830. The molecule has 0 spiro atoms. The minimum absolute atomic E-state index is 0. The fourth-order valence-electron chi connectivity index (χ4n) is 4.27. The van der Waals surface area contributed by atoms with Gasteiger partial charge in [-0.1, -0.05) is 85.1 Å². The number of aromatic amines is 1. The number of para-hydroxylation sites is 1. The van der Waals surface area contributed by atoms with E-state index in [1.807, 2.05) is 18.2 Å². The lowest BCUT2D eigenvalue weighted by Gasteiger charge is -2.26. The molecule has 0 radical (unpaired) electrons. The lowest BCUT2D eigenvalue weighted by molar-refractivity contribution is 0.107. The number of fused-ring (bicyclic) bond motifs is 1. The van der Waals surface area contributed by atoms with Crippen LogP contribution in [-0.4, -0.2) is 27.8 Å². The van der Waals surface area contributed by atoms with Crippen LogP contribution in [0.25, 0.3) is 11.0 Å².